The van der Waals surface area contributed by atoms with E-state index in [-0.39, 0.29) is 21.6 Å². The predicted octanol–water partition coefficient (Wildman–Crippen LogP) is 7.39. The molecule has 1 saturated carbocycles. The van der Waals surface area contributed by atoms with E-state index in [2.05, 4.69) is 86.2 Å². The number of nitrogens with zero attached hydrogens (tertiary/aromatic N) is 3. The summed E-state index contributed by atoms with van der Waals surface area (Å²) in [7, 11) is 0.246. The molecule has 4 aromatic rings. The number of hydrogen-bond acceptors (Lipinski definition) is 7. The Balaban J connectivity index is 1.41. The van der Waals surface area contributed by atoms with Gasteiger partial charge in [0.05, 0.1) is 25.4 Å². The number of aryl methyl sites for hydroxylation is 1. The normalized spacial score (nSPS) is 16.0. The second kappa shape index (κ2) is 15.3. The number of aromatic nitrogens is 2. The molecule has 2 aliphatic rings. The predicted molar refractivity (Wildman–Crippen MR) is 216 cm³/mol. The van der Waals surface area contributed by atoms with Crippen molar-refractivity contribution in [2.75, 3.05) is 44.1 Å². The quantitative estimate of drug-likeness (QED) is 0.146. The first-order valence-electron chi connectivity index (χ1n) is 18.0. The number of carbonyl (C=O) groups is 2. The third kappa shape index (κ3) is 8.43. The summed E-state index contributed by atoms with van der Waals surface area (Å²) in [6, 6.07) is 18.1. The van der Waals surface area contributed by atoms with E-state index in [4.69, 9.17) is 8.92 Å². The van der Waals surface area contributed by atoms with Crippen molar-refractivity contribution in [2.45, 2.75) is 57.3 Å². The average molecular weight is 738 g/mol. The summed E-state index contributed by atoms with van der Waals surface area (Å²) in [5.41, 5.74) is 7.85. The molecule has 2 amide bonds. The van der Waals surface area contributed by atoms with Crippen molar-refractivity contribution < 1.29 is 18.5 Å². The molecular weight excluding hydrogens is 687 g/mol. The Hall–Kier alpha value is -4.71. The third-order valence-electron chi connectivity index (χ3n) is 10.7. The number of amides is 2. The van der Waals surface area contributed by atoms with Crippen LogP contribution in [0.25, 0.3) is 28.3 Å². The second-order valence-electron chi connectivity index (χ2n) is 15.4. The summed E-state index contributed by atoms with van der Waals surface area (Å²) < 4.78 is 13.8. The van der Waals surface area contributed by atoms with E-state index in [0.29, 0.717) is 56.4 Å². The lowest BCUT2D eigenvalue weighted by Crippen LogP contribution is -2.40. The van der Waals surface area contributed by atoms with Crippen molar-refractivity contribution in [3.63, 3.8) is 0 Å². The van der Waals surface area contributed by atoms with Crippen LogP contribution in [0.3, 0.4) is 0 Å². The average Bonchev–Trinajstić information content (AvgIpc) is 3.90. The Bertz CT molecular complexity index is 2070. The molecule has 0 radical (unpaired) electrons. The molecule has 1 aliphatic carbocycles. The zero-order valence-corrected chi connectivity index (χ0v) is 32.6. The van der Waals surface area contributed by atoms with Gasteiger partial charge < -0.3 is 29.0 Å². The molecule has 11 heteroatoms. The van der Waals surface area contributed by atoms with Gasteiger partial charge in [-0.05, 0) is 88.4 Å². The first-order valence-corrected chi connectivity index (χ1v) is 20.4. The number of carbonyl (C=O) groups excluding carboxylic acids is 2. The van der Waals surface area contributed by atoms with Gasteiger partial charge in [-0.1, -0.05) is 64.1 Å². The van der Waals surface area contributed by atoms with Crippen molar-refractivity contribution in [2.24, 2.45) is 7.05 Å². The molecule has 3 heterocycles. The highest BCUT2D eigenvalue weighted by molar-refractivity contribution is 8.29. The van der Waals surface area contributed by atoms with E-state index in [0.717, 1.165) is 46.2 Å². The molecule has 6 rings (SSSR count). The highest BCUT2D eigenvalue weighted by Crippen LogP contribution is 2.55. The van der Waals surface area contributed by atoms with Gasteiger partial charge in [0.1, 0.15) is 11.5 Å². The first-order chi connectivity index (χ1) is 25.2. The monoisotopic (exact) mass is 737 g/mol. The zero-order chi connectivity index (χ0) is 38.0. The molecule has 1 aliphatic heterocycles. The lowest BCUT2D eigenvalue weighted by molar-refractivity contribution is -0.108. The van der Waals surface area contributed by atoms with Crippen molar-refractivity contribution in [3.05, 3.63) is 106 Å². The number of anilines is 2. The summed E-state index contributed by atoms with van der Waals surface area (Å²) in [6.45, 7) is 11.4. The lowest BCUT2D eigenvalue weighted by Gasteiger charge is -2.44. The molecule has 0 spiro atoms. The Morgan fingerprint density at radius 2 is 1.77 bits per heavy atom. The van der Waals surface area contributed by atoms with Crippen molar-refractivity contribution in [1.82, 2.24) is 19.8 Å². The number of nitrogens with one attached hydrogen (secondary N) is 2. The SMILES string of the molecule is Cn1cc(-c2cccc(-c3ccc(C4(C)CC4)cc3/C=C\NC=O)c2COS(C)(C)C(C)(C)C)cc(Nc2ccc(C(=O)N3CCOCC3)cn2)c1=O. The smallest absolute Gasteiger partial charge is 0.274 e. The Morgan fingerprint density at radius 3 is 2.43 bits per heavy atom. The fraction of sp³-hybridized carbons (Fsp3) is 0.381. The van der Waals surface area contributed by atoms with E-state index >= 15 is 0 Å². The van der Waals surface area contributed by atoms with Crippen LogP contribution >= 0.6 is 10.3 Å². The van der Waals surface area contributed by atoms with Gasteiger partial charge in [0.25, 0.3) is 11.5 Å². The lowest BCUT2D eigenvalue weighted by atomic mass is 9.87. The first kappa shape index (κ1) is 38.0. The minimum Gasteiger partial charge on any atom is -0.378 e. The molecule has 0 atom stereocenters. The second-order valence-corrected chi connectivity index (χ2v) is 19.4. The molecule has 0 bridgehead atoms. The van der Waals surface area contributed by atoms with E-state index in [1.54, 1.807) is 34.8 Å². The highest BCUT2D eigenvalue weighted by atomic mass is 32.3. The van der Waals surface area contributed by atoms with Gasteiger partial charge in [0, 0.05) is 49.0 Å². The number of hydrogen-bond donors (Lipinski definition) is 2. The van der Waals surface area contributed by atoms with Crippen LogP contribution in [0.15, 0.2) is 78.0 Å². The summed E-state index contributed by atoms with van der Waals surface area (Å²) >= 11 is 0. The molecule has 2 N–H and O–H groups in total. The number of pyridine rings is 2. The van der Waals surface area contributed by atoms with Crippen LogP contribution in [0.5, 0.6) is 0 Å². The van der Waals surface area contributed by atoms with Gasteiger partial charge in [0.2, 0.25) is 6.41 Å². The summed E-state index contributed by atoms with van der Waals surface area (Å²) in [5.74, 6) is 0.363. The van der Waals surface area contributed by atoms with Crippen LogP contribution in [0, 0.1) is 0 Å². The van der Waals surface area contributed by atoms with Gasteiger partial charge in [-0.25, -0.2) is 4.98 Å². The maximum atomic E-state index is 13.5. The minimum absolute atomic E-state index is 0.0546. The molecule has 2 aromatic carbocycles. The molecule has 53 heavy (non-hydrogen) atoms. The van der Waals surface area contributed by atoms with Crippen LogP contribution < -0.4 is 16.2 Å². The van der Waals surface area contributed by atoms with Gasteiger partial charge in [-0.15, -0.1) is 10.3 Å². The van der Waals surface area contributed by atoms with Gasteiger partial charge in [-0.3, -0.25) is 14.4 Å². The molecule has 0 unspecified atom stereocenters. The standard InChI is InChI=1S/C42H51N5O5S/c1-41(2,3)53(6,7)52-27-36-33(9-8-10-35(36)34-13-12-32(42(4)16-17-42)23-29(34)15-18-43-28-48)31-24-37(40(50)46(5)26-31)45-38-14-11-30(25-44-38)39(49)47-19-21-51-22-20-47/h8-15,18,23-26,28H,16-17,19-22,27H2,1-7H3,(H,43,48)(H,44,45)/b18-15-. The zero-order valence-electron chi connectivity index (χ0n) is 31.8. The number of ether oxygens (including phenoxy) is 1. The Kier molecular flexibility index (Phi) is 11.0. The van der Waals surface area contributed by atoms with Gasteiger partial charge in [0.15, 0.2) is 0 Å². The Labute approximate surface area is 314 Å². The van der Waals surface area contributed by atoms with E-state index in [1.807, 2.05) is 24.4 Å². The maximum Gasteiger partial charge on any atom is 0.274 e. The fourth-order valence-corrected chi connectivity index (χ4v) is 7.02. The molecular formula is C42H51N5O5S. The molecule has 280 valence electrons. The third-order valence-corrected chi connectivity index (χ3v) is 14.3. The van der Waals surface area contributed by atoms with Crippen LogP contribution in [0.4, 0.5) is 11.5 Å². The summed E-state index contributed by atoms with van der Waals surface area (Å²) in [5, 5.41) is 5.89. The molecule has 10 nitrogen and oxygen atoms in total. The number of rotatable bonds is 12. The van der Waals surface area contributed by atoms with Gasteiger partial charge in [-0.2, -0.15) is 0 Å². The summed E-state index contributed by atoms with van der Waals surface area (Å²) in [4.78, 5) is 43.9. The van der Waals surface area contributed by atoms with Crippen molar-refractivity contribution in [3.8, 4) is 22.3 Å². The van der Waals surface area contributed by atoms with Crippen LogP contribution in [0.2, 0.25) is 0 Å². The van der Waals surface area contributed by atoms with Crippen LogP contribution in [-0.2, 0) is 32.8 Å². The van der Waals surface area contributed by atoms with Gasteiger partial charge >= 0.3 is 0 Å². The molecule has 2 aromatic heterocycles. The molecule has 1 saturated heterocycles. The van der Waals surface area contributed by atoms with Crippen molar-refractivity contribution >= 4 is 40.2 Å². The summed E-state index contributed by atoms with van der Waals surface area (Å²) in [6.07, 6.45) is 14.4. The maximum absolute atomic E-state index is 13.5. The highest BCUT2D eigenvalue weighted by Gasteiger charge is 2.39. The topological polar surface area (TPSA) is 115 Å². The number of benzene rings is 2. The fourth-order valence-electron chi connectivity index (χ4n) is 6.25. The molecule has 2 fully saturated rings. The Morgan fingerprint density at radius 1 is 1.04 bits per heavy atom. The van der Waals surface area contributed by atoms with E-state index in [1.165, 1.54) is 11.8 Å². The largest absolute Gasteiger partial charge is 0.378 e. The van der Waals surface area contributed by atoms with Crippen molar-refractivity contribution in [1.29, 1.82) is 0 Å². The number of morpholine rings is 1. The van der Waals surface area contributed by atoms with E-state index < -0.39 is 10.3 Å². The van der Waals surface area contributed by atoms with E-state index in [9.17, 15) is 14.4 Å². The van der Waals surface area contributed by atoms with Crippen LogP contribution in [-0.4, -0.2) is 70.3 Å². The van der Waals surface area contributed by atoms with Crippen LogP contribution in [0.1, 0.15) is 67.6 Å². The minimum atomic E-state index is -1.49.